The van der Waals surface area contributed by atoms with Crippen LogP contribution in [0, 0.1) is 17.2 Å². The van der Waals surface area contributed by atoms with Gasteiger partial charge in [-0.05, 0) is 18.8 Å². The van der Waals surface area contributed by atoms with E-state index < -0.39 is 5.97 Å². The highest BCUT2D eigenvalue weighted by Crippen LogP contribution is 2.35. The summed E-state index contributed by atoms with van der Waals surface area (Å²) in [5, 5.41) is 25.7. The zero-order valence-corrected chi connectivity index (χ0v) is 9.41. The molecule has 0 amide bonds. The molecule has 6 nitrogen and oxygen atoms in total. The lowest BCUT2D eigenvalue weighted by molar-refractivity contribution is -0.138. The first kappa shape index (κ1) is 11.6. The number of nitriles is 1. The highest BCUT2D eigenvalue weighted by atomic mass is 16.4. The zero-order valence-electron chi connectivity index (χ0n) is 9.41. The van der Waals surface area contributed by atoms with Gasteiger partial charge in [-0.3, -0.25) is 4.79 Å². The van der Waals surface area contributed by atoms with Gasteiger partial charge in [0.25, 0.3) is 0 Å². The van der Waals surface area contributed by atoms with Gasteiger partial charge in [-0.1, -0.05) is 12.8 Å². The molecule has 1 saturated carbocycles. The molecule has 1 aliphatic carbocycles. The highest BCUT2D eigenvalue weighted by Gasteiger charge is 2.29. The molecule has 1 aliphatic rings. The number of carbonyl (C=O) groups is 1. The Hall–Kier alpha value is -1.90. The first-order chi connectivity index (χ1) is 8.20. The van der Waals surface area contributed by atoms with Crippen molar-refractivity contribution in [1.29, 1.82) is 5.26 Å². The zero-order chi connectivity index (χ0) is 12.3. The van der Waals surface area contributed by atoms with E-state index in [1.165, 1.54) is 11.0 Å². The number of carboxylic acids is 1. The first-order valence-corrected chi connectivity index (χ1v) is 5.74. The average Bonchev–Trinajstić information content (AvgIpc) is 2.77. The SMILES string of the molecule is N#Cc1cnn(C2CCCCC2CC(=O)O)n1. The Morgan fingerprint density at radius 3 is 3.00 bits per heavy atom. The summed E-state index contributed by atoms with van der Waals surface area (Å²) in [5.41, 5.74) is 0.282. The summed E-state index contributed by atoms with van der Waals surface area (Å²) < 4.78 is 0. The lowest BCUT2D eigenvalue weighted by Crippen LogP contribution is -2.27. The predicted molar refractivity (Wildman–Crippen MR) is 58.0 cm³/mol. The Kier molecular flexibility index (Phi) is 3.38. The van der Waals surface area contributed by atoms with Crippen molar-refractivity contribution in [3.63, 3.8) is 0 Å². The first-order valence-electron chi connectivity index (χ1n) is 5.74. The molecular weight excluding hydrogens is 220 g/mol. The summed E-state index contributed by atoms with van der Waals surface area (Å²) in [6.45, 7) is 0. The van der Waals surface area contributed by atoms with Crippen molar-refractivity contribution in [1.82, 2.24) is 15.0 Å². The van der Waals surface area contributed by atoms with E-state index in [1.807, 2.05) is 6.07 Å². The van der Waals surface area contributed by atoms with Gasteiger partial charge in [0.15, 0.2) is 5.69 Å². The summed E-state index contributed by atoms with van der Waals surface area (Å²) in [7, 11) is 0. The number of nitrogens with zero attached hydrogens (tertiary/aromatic N) is 4. The molecule has 0 bridgehead atoms. The van der Waals surface area contributed by atoms with Crippen LogP contribution >= 0.6 is 0 Å². The van der Waals surface area contributed by atoms with Gasteiger partial charge >= 0.3 is 5.97 Å². The van der Waals surface area contributed by atoms with Crippen LogP contribution in [0.5, 0.6) is 0 Å². The van der Waals surface area contributed by atoms with Crippen LogP contribution < -0.4 is 0 Å². The molecule has 1 aromatic rings. The summed E-state index contributed by atoms with van der Waals surface area (Å²) in [4.78, 5) is 12.3. The van der Waals surface area contributed by atoms with Gasteiger partial charge in [-0.2, -0.15) is 15.2 Å². The number of hydrogen-bond donors (Lipinski definition) is 1. The molecule has 6 heteroatoms. The van der Waals surface area contributed by atoms with Crippen LogP contribution in [0.25, 0.3) is 0 Å². The van der Waals surface area contributed by atoms with Gasteiger partial charge in [0.2, 0.25) is 0 Å². The van der Waals surface area contributed by atoms with Gasteiger partial charge in [-0.25, -0.2) is 0 Å². The van der Waals surface area contributed by atoms with E-state index in [4.69, 9.17) is 10.4 Å². The molecule has 1 heterocycles. The molecule has 0 radical (unpaired) electrons. The Labute approximate surface area is 98.9 Å². The Morgan fingerprint density at radius 1 is 1.59 bits per heavy atom. The minimum absolute atomic E-state index is 0.0157. The number of aromatic nitrogens is 3. The van der Waals surface area contributed by atoms with E-state index in [-0.39, 0.29) is 24.1 Å². The maximum absolute atomic E-state index is 10.8. The minimum Gasteiger partial charge on any atom is -0.481 e. The summed E-state index contributed by atoms with van der Waals surface area (Å²) in [5.74, 6) is -0.713. The van der Waals surface area contributed by atoms with Crippen molar-refractivity contribution >= 4 is 5.97 Å². The maximum Gasteiger partial charge on any atom is 0.303 e. The monoisotopic (exact) mass is 234 g/mol. The van der Waals surface area contributed by atoms with E-state index in [0.717, 1.165) is 25.7 Å². The molecule has 2 rings (SSSR count). The van der Waals surface area contributed by atoms with Gasteiger partial charge in [0, 0.05) is 0 Å². The molecule has 0 aromatic carbocycles. The normalized spacial score (nSPS) is 24.2. The topological polar surface area (TPSA) is 91.8 Å². The molecule has 17 heavy (non-hydrogen) atoms. The average molecular weight is 234 g/mol. The Bertz CT molecular complexity index is 449. The third-order valence-corrected chi connectivity index (χ3v) is 3.23. The minimum atomic E-state index is -0.783. The van der Waals surface area contributed by atoms with Crippen molar-refractivity contribution in [2.24, 2.45) is 5.92 Å². The van der Waals surface area contributed by atoms with Crippen molar-refractivity contribution in [3.8, 4) is 6.07 Å². The summed E-state index contributed by atoms with van der Waals surface area (Å²) in [6.07, 6.45) is 5.46. The van der Waals surface area contributed by atoms with Gasteiger partial charge < -0.3 is 5.11 Å². The molecule has 0 spiro atoms. The van der Waals surface area contributed by atoms with Crippen LogP contribution in [-0.4, -0.2) is 26.1 Å². The molecule has 1 aromatic heterocycles. The molecule has 0 saturated heterocycles. The van der Waals surface area contributed by atoms with Crippen LogP contribution in [0.3, 0.4) is 0 Å². The molecule has 0 aliphatic heterocycles. The number of aliphatic carboxylic acids is 1. The van der Waals surface area contributed by atoms with Gasteiger partial charge in [-0.15, -0.1) is 5.10 Å². The quantitative estimate of drug-likeness (QED) is 0.852. The van der Waals surface area contributed by atoms with E-state index in [0.29, 0.717) is 0 Å². The Morgan fingerprint density at radius 2 is 2.35 bits per heavy atom. The highest BCUT2D eigenvalue weighted by molar-refractivity contribution is 5.67. The van der Waals surface area contributed by atoms with E-state index >= 15 is 0 Å². The second-order valence-electron chi connectivity index (χ2n) is 4.37. The van der Waals surface area contributed by atoms with Gasteiger partial charge in [0.1, 0.15) is 6.07 Å². The third-order valence-electron chi connectivity index (χ3n) is 3.23. The van der Waals surface area contributed by atoms with Crippen LogP contribution in [0.15, 0.2) is 6.20 Å². The fraction of sp³-hybridized carbons (Fsp3) is 0.636. The van der Waals surface area contributed by atoms with Crippen molar-refractivity contribution in [3.05, 3.63) is 11.9 Å². The fourth-order valence-corrected chi connectivity index (χ4v) is 2.44. The van der Waals surface area contributed by atoms with E-state index in [9.17, 15) is 4.79 Å². The smallest absolute Gasteiger partial charge is 0.303 e. The molecule has 90 valence electrons. The number of hydrogen-bond acceptors (Lipinski definition) is 4. The lowest BCUT2D eigenvalue weighted by atomic mass is 9.83. The van der Waals surface area contributed by atoms with Crippen LogP contribution in [0.1, 0.15) is 43.8 Å². The lowest BCUT2D eigenvalue weighted by Gasteiger charge is -2.29. The fourth-order valence-electron chi connectivity index (χ4n) is 2.44. The number of rotatable bonds is 3. The van der Waals surface area contributed by atoms with Crippen molar-refractivity contribution in [2.75, 3.05) is 0 Å². The second kappa shape index (κ2) is 4.95. The third kappa shape index (κ3) is 2.61. The van der Waals surface area contributed by atoms with Gasteiger partial charge in [0.05, 0.1) is 18.7 Å². The molecular formula is C11H14N4O2. The predicted octanol–water partition coefficient (Wildman–Crippen LogP) is 1.36. The molecule has 1 fully saturated rings. The molecule has 2 atom stereocenters. The van der Waals surface area contributed by atoms with Crippen molar-refractivity contribution in [2.45, 2.75) is 38.1 Å². The molecule has 2 unspecified atom stereocenters. The molecule has 1 N–H and O–H groups in total. The second-order valence-corrected chi connectivity index (χ2v) is 4.37. The van der Waals surface area contributed by atoms with Crippen LogP contribution in [0.4, 0.5) is 0 Å². The van der Waals surface area contributed by atoms with Crippen LogP contribution in [-0.2, 0) is 4.79 Å². The van der Waals surface area contributed by atoms with E-state index in [1.54, 1.807) is 0 Å². The standard InChI is InChI=1S/C11H14N4O2/c12-6-9-7-13-15(14-9)10-4-2-1-3-8(10)5-11(16)17/h7-8,10H,1-5H2,(H,16,17). The summed E-state index contributed by atoms with van der Waals surface area (Å²) >= 11 is 0. The Balaban J connectivity index is 2.15. The van der Waals surface area contributed by atoms with Crippen molar-refractivity contribution < 1.29 is 9.90 Å². The largest absolute Gasteiger partial charge is 0.481 e. The maximum atomic E-state index is 10.8. The summed E-state index contributed by atoms with van der Waals surface area (Å²) in [6, 6.07) is 1.95. The van der Waals surface area contributed by atoms with E-state index in [2.05, 4.69) is 10.2 Å². The van der Waals surface area contributed by atoms with Crippen LogP contribution in [0.2, 0.25) is 0 Å². The number of carboxylic acid groups (broad SMARTS) is 1.